The molecule has 0 bridgehead atoms. The average Bonchev–Trinajstić information content (AvgIpc) is 3.24. The lowest BCUT2D eigenvalue weighted by Gasteiger charge is -2.19. The molecule has 0 saturated heterocycles. The van der Waals surface area contributed by atoms with Crippen molar-refractivity contribution < 1.29 is 19.0 Å². The normalized spacial score (nSPS) is 11.0. The first-order valence-electron chi connectivity index (χ1n) is 10.0. The Morgan fingerprint density at radius 2 is 1.78 bits per heavy atom. The van der Waals surface area contributed by atoms with Crippen LogP contribution < -0.4 is 25.3 Å². The molecular formula is C24H24ClN3O4. The van der Waals surface area contributed by atoms with Crippen LogP contribution in [0.1, 0.15) is 5.56 Å². The van der Waals surface area contributed by atoms with E-state index in [4.69, 9.17) is 31.5 Å². The number of nitrogens with two attached hydrogens (primary N) is 1. The number of ether oxygens (including phenoxy) is 3. The molecule has 4 rings (SSSR count). The third-order valence-corrected chi connectivity index (χ3v) is 5.79. The summed E-state index contributed by atoms with van der Waals surface area (Å²) in [4.78, 5) is 14.9. The third-order valence-electron chi connectivity index (χ3n) is 5.60. The maximum absolute atomic E-state index is 11.5. The third kappa shape index (κ3) is 3.35. The Morgan fingerprint density at radius 3 is 2.41 bits per heavy atom. The number of benzene rings is 3. The van der Waals surface area contributed by atoms with Gasteiger partial charge in [0.2, 0.25) is 12.2 Å². The Hall–Kier alpha value is -3.58. The van der Waals surface area contributed by atoms with Gasteiger partial charge in [0, 0.05) is 27.9 Å². The number of rotatable bonds is 8. The number of anilines is 2. The fourth-order valence-corrected chi connectivity index (χ4v) is 4.46. The number of methoxy groups -OCH3 is 3. The number of aromatic nitrogens is 1. The number of aromatic amines is 1. The zero-order chi connectivity index (χ0) is 22.8. The summed E-state index contributed by atoms with van der Waals surface area (Å²) in [6.45, 7) is 0. The van der Waals surface area contributed by atoms with Crippen LogP contribution in [-0.2, 0) is 11.2 Å². The van der Waals surface area contributed by atoms with E-state index in [9.17, 15) is 4.79 Å². The van der Waals surface area contributed by atoms with Gasteiger partial charge in [-0.3, -0.25) is 4.79 Å². The van der Waals surface area contributed by atoms with Gasteiger partial charge in [0.25, 0.3) is 0 Å². The standard InChI is InChI=1S/C24H24ClN3O4/c1-30-18-11-13-10-17(28-21(13)24(32-3)23(18)31-2)19-15(8-9-25)14-6-4-5-7-16(14)20(26)22(19)27-12-29/h4-7,10-12,28H,8-9,26H2,1-3H3,(H,27,29). The zero-order valence-corrected chi connectivity index (χ0v) is 18.8. The number of hydrogen-bond donors (Lipinski definition) is 3. The second-order valence-electron chi connectivity index (χ2n) is 7.18. The summed E-state index contributed by atoms with van der Waals surface area (Å²) in [6.07, 6.45) is 1.22. The number of amides is 1. The van der Waals surface area contributed by atoms with Gasteiger partial charge in [-0.05, 0) is 29.5 Å². The van der Waals surface area contributed by atoms with Gasteiger partial charge < -0.3 is 30.2 Å². The molecule has 0 aliphatic carbocycles. The molecule has 0 unspecified atom stereocenters. The lowest BCUT2D eigenvalue weighted by atomic mass is 9.92. The number of nitrogen functional groups attached to an aromatic ring is 1. The molecule has 3 aromatic carbocycles. The molecule has 8 heteroatoms. The SMILES string of the molecule is COc1cc2cc(-c3c(NC=O)c(N)c4ccccc4c3CCCl)[nH]c2c(OC)c1OC. The van der Waals surface area contributed by atoms with Gasteiger partial charge in [-0.2, -0.15) is 0 Å². The summed E-state index contributed by atoms with van der Waals surface area (Å²) >= 11 is 6.19. The molecule has 32 heavy (non-hydrogen) atoms. The molecule has 0 radical (unpaired) electrons. The topological polar surface area (TPSA) is 98.6 Å². The van der Waals surface area contributed by atoms with Gasteiger partial charge in [0.15, 0.2) is 11.5 Å². The number of fused-ring (bicyclic) bond motifs is 2. The van der Waals surface area contributed by atoms with Crippen LogP contribution in [0.25, 0.3) is 32.9 Å². The van der Waals surface area contributed by atoms with E-state index in [1.807, 2.05) is 36.4 Å². The predicted octanol–water partition coefficient (Wildman–Crippen LogP) is 4.95. The smallest absolute Gasteiger partial charge is 0.211 e. The molecule has 4 N–H and O–H groups in total. The Labute approximate surface area is 190 Å². The first kappa shape index (κ1) is 21.6. The molecule has 4 aromatic rings. The van der Waals surface area contributed by atoms with Crippen LogP contribution in [-0.4, -0.2) is 38.6 Å². The molecule has 0 saturated carbocycles. The van der Waals surface area contributed by atoms with Crippen molar-refractivity contribution in [2.24, 2.45) is 0 Å². The van der Waals surface area contributed by atoms with E-state index in [0.29, 0.717) is 47.3 Å². The highest BCUT2D eigenvalue weighted by molar-refractivity contribution is 6.18. The number of nitrogens with one attached hydrogen (secondary N) is 2. The maximum Gasteiger partial charge on any atom is 0.211 e. The Balaban J connectivity index is 2.11. The maximum atomic E-state index is 11.5. The van der Waals surface area contributed by atoms with Gasteiger partial charge >= 0.3 is 0 Å². The summed E-state index contributed by atoms with van der Waals surface area (Å²) in [5, 5.41) is 5.50. The molecule has 1 amide bonds. The van der Waals surface area contributed by atoms with E-state index in [-0.39, 0.29) is 0 Å². The van der Waals surface area contributed by atoms with Crippen LogP contribution in [0.15, 0.2) is 36.4 Å². The molecular weight excluding hydrogens is 430 g/mol. The first-order valence-corrected chi connectivity index (χ1v) is 10.5. The van der Waals surface area contributed by atoms with Gasteiger partial charge in [-0.15, -0.1) is 11.6 Å². The highest BCUT2D eigenvalue weighted by Crippen LogP contribution is 2.47. The van der Waals surface area contributed by atoms with Gasteiger partial charge in [0.1, 0.15) is 0 Å². The van der Waals surface area contributed by atoms with Crippen LogP contribution >= 0.6 is 11.6 Å². The molecule has 0 spiro atoms. The molecule has 0 aliphatic heterocycles. The first-order chi connectivity index (χ1) is 15.6. The fourth-order valence-electron chi connectivity index (χ4n) is 4.28. The van der Waals surface area contributed by atoms with Crippen molar-refractivity contribution in [1.29, 1.82) is 0 Å². The Kier molecular flexibility index (Phi) is 6.01. The largest absolute Gasteiger partial charge is 0.493 e. The predicted molar refractivity (Wildman–Crippen MR) is 129 cm³/mol. The minimum atomic E-state index is 0.409. The Morgan fingerprint density at radius 1 is 1.06 bits per heavy atom. The highest BCUT2D eigenvalue weighted by Gasteiger charge is 2.23. The van der Waals surface area contributed by atoms with Gasteiger partial charge in [-0.25, -0.2) is 0 Å². The van der Waals surface area contributed by atoms with Gasteiger partial charge in [0.05, 0.1) is 38.2 Å². The number of aryl methyl sites for hydroxylation is 1. The number of carbonyl (C=O) groups is 1. The van der Waals surface area contributed by atoms with Crippen molar-refractivity contribution in [3.8, 4) is 28.5 Å². The summed E-state index contributed by atoms with van der Waals surface area (Å²) in [6, 6.07) is 11.7. The summed E-state index contributed by atoms with van der Waals surface area (Å²) in [5.41, 5.74) is 10.8. The molecule has 0 atom stereocenters. The van der Waals surface area contributed by atoms with E-state index in [2.05, 4.69) is 10.3 Å². The summed E-state index contributed by atoms with van der Waals surface area (Å²) < 4.78 is 16.6. The zero-order valence-electron chi connectivity index (χ0n) is 18.0. The molecule has 0 aliphatic rings. The van der Waals surface area contributed by atoms with E-state index in [0.717, 1.165) is 38.5 Å². The second kappa shape index (κ2) is 8.88. The number of H-pyrrole nitrogens is 1. The van der Waals surface area contributed by atoms with E-state index in [1.54, 1.807) is 21.3 Å². The number of alkyl halides is 1. The Bertz CT molecular complexity index is 1320. The molecule has 7 nitrogen and oxygen atoms in total. The quantitative estimate of drug-likeness (QED) is 0.199. The van der Waals surface area contributed by atoms with Crippen LogP contribution in [0.3, 0.4) is 0 Å². The molecule has 1 aromatic heterocycles. The fraction of sp³-hybridized carbons (Fsp3) is 0.208. The highest BCUT2D eigenvalue weighted by atomic mass is 35.5. The second-order valence-corrected chi connectivity index (χ2v) is 7.56. The summed E-state index contributed by atoms with van der Waals surface area (Å²) in [7, 11) is 4.71. The van der Waals surface area contributed by atoms with Crippen LogP contribution in [0.2, 0.25) is 0 Å². The van der Waals surface area contributed by atoms with Gasteiger partial charge in [-0.1, -0.05) is 24.3 Å². The van der Waals surface area contributed by atoms with E-state index in [1.165, 1.54) is 0 Å². The molecule has 166 valence electrons. The number of halogens is 1. The summed E-state index contributed by atoms with van der Waals surface area (Å²) in [5.74, 6) is 1.96. The average molecular weight is 454 g/mol. The lowest BCUT2D eigenvalue weighted by Crippen LogP contribution is -2.06. The van der Waals surface area contributed by atoms with Crippen LogP contribution in [0.5, 0.6) is 17.2 Å². The monoisotopic (exact) mass is 453 g/mol. The minimum absolute atomic E-state index is 0.409. The van der Waals surface area contributed by atoms with Crippen molar-refractivity contribution in [1.82, 2.24) is 4.98 Å². The molecule has 1 heterocycles. The lowest BCUT2D eigenvalue weighted by molar-refractivity contribution is -0.105. The number of carbonyl (C=O) groups excluding carboxylic acids is 1. The van der Waals surface area contributed by atoms with Crippen molar-refractivity contribution in [2.45, 2.75) is 6.42 Å². The van der Waals surface area contributed by atoms with Crippen molar-refractivity contribution in [2.75, 3.05) is 38.3 Å². The van der Waals surface area contributed by atoms with Crippen molar-refractivity contribution >= 4 is 51.1 Å². The van der Waals surface area contributed by atoms with E-state index < -0.39 is 0 Å². The van der Waals surface area contributed by atoms with Crippen molar-refractivity contribution in [3.05, 3.63) is 42.0 Å². The van der Waals surface area contributed by atoms with Crippen LogP contribution in [0, 0.1) is 0 Å². The van der Waals surface area contributed by atoms with E-state index >= 15 is 0 Å². The number of hydrogen-bond acceptors (Lipinski definition) is 5. The van der Waals surface area contributed by atoms with Crippen LogP contribution in [0.4, 0.5) is 11.4 Å². The minimum Gasteiger partial charge on any atom is -0.493 e. The van der Waals surface area contributed by atoms with Crippen molar-refractivity contribution in [3.63, 3.8) is 0 Å². The molecule has 0 fully saturated rings.